The molecule has 4 heteroatoms. The fourth-order valence-electron chi connectivity index (χ4n) is 4.28. The zero-order valence-electron chi connectivity index (χ0n) is 14.4. The number of halogens is 1. The molecule has 1 unspecified atom stereocenters. The van der Waals surface area contributed by atoms with Gasteiger partial charge in [-0.1, -0.05) is 43.0 Å². The first-order chi connectivity index (χ1) is 12.2. The van der Waals surface area contributed by atoms with Crippen LogP contribution < -0.4 is 0 Å². The average Bonchev–Trinajstić information content (AvgIpc) is 3.28. The van der Waals surface area contributed by atoms with E-state index < -0.39 is 0 Å². The lowest BCUT2D eigenvalue weighted by molar-refractivity contribution is -0.133. The van der Waals surface area contributed by atoms with Crippen molar-refractivity contribution in [1.29, 1.82) is 0 Å². The van der Waals surface area contributed by atoms with Crippen LogP contribution in [0, 0.1) is 5.92 Å². The second-order valence-electron chi connectivity index (χ2n) is 7.30. The molecule has 2 heterocycles. The maximum atomic E-state index is 12.8. The summed E-state index contributed by atoms with van der Waals surface area (Å²) in [7, 11) is 0. The fourth-order valence-corrected chi connectivity index (χ4v) is 4.54. The fraction of sp³-hybridized carbons (Fsp3) is 0.476. The molecule has 1 aliphatic carbocycles. The summed E-state index contributed by atoms with van der Waals surface area (Å²) in [5, 5.41) is 0.720. The van der Waals surface area contributed by atoms with Crippen molar-refractivity contribution in [2.75, 3.05) is 6.54 Å². The van der Waals surface area contributed by atoms with Gasteiger partial charge in [0.25, 0.3) is 0 Å². The molecule has 4 rings (SSSR count). The highest BCUT2D eigenvalue weighted by molar-refractivity contribution is 6.31. The summed E-state index contributed by atoms with van der Waals surface area (Å²) in [5.41, 5.74) is 2.03. The Morgan fingerprint density at radius 2 is 1.96 bits per heavy atom. The highest BCUT2D eigenvalue weighted by Crippen LogP contribution is 2.33. The molecule has 1 aromatic carbocycles. The molecule has 1 saturated heterocycles. The predicted molar refractivity (Wildman–Crippen MR) is 99.6 cm³/mol. The van der Waals surface area contributed by atoms with E-state index in [9.17, 15) is 4.79 Å². The van der Waals surface area contributed by atoms with Gasteiger partial charge >= 0.3 is 0 Å². The minimum Gasteiger partial charge on any atom is -0.464 e. The third-order valence-electron chi connectivity index (χ3n) is 5.69. The van der Waals surface area contributed by atoms with Crippen LogP contribution in [0.2, 0.25) is 5.02 Å². The number of amides is 1. The van der Waals surface area contributed by atoms with Crippen LogP contribution in [-0.2, 0) is 11.2 Å². The van der Waals surface area contributed by atoms with Crippen LogP contribution in [0.25, 0.3) is 11.3 Å². The van der Waals surface area contributed by atoms with Gasteiger partial charge in [0.15, 0.2) is 0 Å². The number of hydrogen-bond donors (Lipinski definition) is 0. The molecule has 1 saturated carbocycles. The molecule has 1 atom stereocenters. The number of carbonyl (C=O) groups excluding carboxylic acids is 1. The van der Waals surface area contributed by atoms with E-state index in [2.05, 4.69) is 4.90 Å². The normalized spacial score (nSPS) is 21.9. The first-order valence-corrected chi connectivity index (χ1v) is 9.73. The Hall–Kier alpha value is -1.74. The number of hydrogen-bond acceptors (Lipinski definition) is 2. The molecular formula is C21H24ClNO2. The lowest BCUT2D eigenvalue weighted by Crippen LogP contribution is -2.39. The molecule has 0 radical (unpaired) electrons. The van der Waals surface area contributed by atoms with E-state index in [1.807, 2.05) is 30.3 Å². The quantitative estimate of drug-likeness (QED) is 0.741. The molecule has 2 fully saturated rings. The lowest BCUT2D eigenvalue weighted by atomic mass is 9.94. The van der Waals surface area contributed by atoms with Gasteiger partial charge in [-0.15, -0.1) is 0 Å². The summed E-state index contributed by atoms with van der Waals surface area (Å²) in [5.74, 6) is 1.22. The Balaban J connectivity index is 1.44. The first-order valence-electron chi connectivity index (χ1n) is 9.35. The molecule has 2 aromatic rings. The summed E-state index contributed by atoms with van der Waals surface area (Å²) in [6, 6.07) is 10.3. The molecule has 0 bridgehead atoms. The summed E-state index contributed by atoms with van der Waals surface area (Å²) < 4.78 is 5.43. The van der Waals surface area contributed by atoms with Crippen molar-refractivity contribution >= 4 is 17.5 Å². The van der Waals surface area contributed by atoms with E-state index >= 15 is 0 Å². The highest BCUT2D eigenvalue weighted by atomic mass is 35.5. The number of rotatable bonds is 4. The van der Waals surface area contributed by atoms with Crippen LogP contribution in [0.4, 0.5) is 0 Å². The van der Waals surface area contributed by atoms with E-state index in [0.717, 1.165) is 41.3 Å². The van der Waals surface area contributed by atoms with Gasteiger partial charge in [-0.3, -0.25) is 4.79 Å². The van der Waals surface area contributed by atoms with E-state index in [1.165, 1.54) is 32.1 Å². The number of nitrogens with zero attached hydrogens (tertiary/aromatic N) is 1. The lowest BCUT2D eigenvalue weighted by Gasteiger charge is -2.31. The van der Waals surface area contributed by atoms with Gasteiger partial charge in [0.2, 0.25) is 5.91 Å². The summed E-state index contributed by atoms with van der Waals surface area (Å²) >= 11 is 6.49. The highest BCUT2D eigenvalue weighted by Gasteiger charge is 2.36. The minimum atomic E-state index is 0.0777. The van der Waals surface area contributed by atoms with Crippen LogP contribution in [0.1, 0.15) is 44.1 Å². The van der Waals surface area contributed by atoms with Crippen LogP contribution in [0.15, 0.2) is 41.0 Å². The molecule has 2 aliphatic rings. The Kier molecular flexibility index (Phi) is 4.85. The average molecular weight is 358 g/mol. The van der Waals surface area contributed by atoms with Crippen molar-refractivity contribution < 1.29 is 9.21 Å². The van der Waals surface area contributed by atoms with E-state index in [4.69, 9.17) is 16.0 Å². The van der Waals surface area contributed by atoms with Gasteiger partial charge in [0, 0.05) is 29.1 Å². The molecule has 1 aliphatic heterocycles. The molecule has 0 N–H and O–H groups in total. The Morgan fingerprint density at radius 1 is 1.12 bits per heavy atom. The summed E-state index contributed by atoms with van der Waals surface area (Å²) in [4.78, 5) is 15.0. The van der Waals surface area contributed by atoms with Crippen molar-refractivity contribution in [2.45, 2.75) is 51.0 Å². The van der Waals surface area contributed by atoms with Gasteiger partial charge < -0.3 is 9.32 Å². The maximum absolute atomic E-state index is 12.8. The Bertz CT molecular complexity index is 734. The van der Waals surface area contributed by atoms with Crippen molar-refractivity contribution in [3.8, 4) is 11.3 Å². The second kappa shape index (κ2) is 7.25. The molecule has 25 heavy (non-hydrogen) atoms. The smallest absolute Gasteiger partial charge is 0.226 e. The van der Waals surface area contributed by atoms with Crippen LogP contribution >= 0.6 is 11.6 Å². The van der Waals surface area contributed by atoms with Gasteiger partial charge in [-0.2, -0.15) is 0 Å². The van der Waals surface area contributed by atoms with Crippen LogP contribution in [-0.4, -0.2) is 23.4 Å². The van der Waals surface area contributed by atoms with E-state index in [0.29, 0.717) is 11.9 Å². The molecule has 132 valence electrons. The Labute approximate surface area is 154 Å². The van der Waals surface area contributed by atoms with Crippen LogP contribution in [0.3, 0.4) is 0 Å². The molecule has 1 amide bonds. The van der Waals surface area contributed by atoms with E-state index in [-0.39, 0.29) is 5.92 Å². The number of furan rings is 1. The number of benzene rings is 1. The van der Waals surface area contributed by atoms with Crippen molar-refractivity contribution in [1.82, 2.24) is 4.90 Å². The molecular weight excluding hydrogens is 334 g/mol. The monoisotopic (exact) mass is 357 g/mol. The zero-order valence-corrected chi connectivity index (χ0v) is 15.2. The maximum Gasteiger partial charge on any atom is 0.226 e. The standard InChI is InChI=1S/C21H24ClNO2/c22-19-14-16(20-7-4-12-25-20)9-8-15(19)13-17-10-11-23(21(17)24)18-5-2-1-3-6-18/h4,7-9,12,14,17-18H,1-3,5-6,10-11,13H2. The molecule has 1 aromatic heterocycles. The van der Waals surface area contributed by atoms with Gasteiger partial charge in [0.1, 0.15) is 5.76 Å². The minimum absolute atomic E-state index is 0.0777. The second-order valence-corrected chi connectivity index (χ2v) is 7.70. The molecule has 3 nitrogen and oxygen atoms in total. The topological polar surface area (TPSA) is 33.5 Å². The predicted octanol–water partition coefficient (Wildman–Crippen LogP) is 5.32. The molecule has 0 spiro atoms. The largest absolute Gasteiger partial charge is 0.464 e. The summed E-state index contributed by atoms with van der Waals surface area (Å²) in [6.07, 6.45) is 9.55. The van der Waals surface area contributed by atoms with Crippen molar-refractivity contribution in [3.05, 3.63) is 47.2 Å². The third kappa shape index (κ3) is 3.48. The number of carbonyl (C=O) groups is 1. The van der Waals surface area contributed by atoms with Crippen LogP contribution in [0.5, 0.6) is 0 Å². The van der Waals surface area contributed by atoms with Gasteiger partial charge in [0.05, 0.1) is 6.26 Å². The van der Waals surface area contributed by atoms with Gasteiger partial charge in [-0.05, 0) is 49.4 Å². The van der Waals surface area contributed by atoms with E-state index in [1.54, 1.807) is 6.26 Å². The first kappa shape index (κ1) is 16.7. The Morgan fingerprint density at radius 3 is 2.68 bits per heavy atom. The van der Waals surface area contributed by atoms with Crippen molar-refractivity contribution in [2.24, 2.45) is 5.92 Å². The number of likely N-dealkylation sites (tertiary alicyclic amines) is 1. The third-order valence-corrected chi connectivity index (χ3v) is 6.04. The van der Waals surface area contributed by atoms with Gasteiger partial charge in [-0.25, -0.2) is 0 Å². The zero-order chi connectivity index (χ0) is 17.2. The van der Waals surface area contributed by atoms with Crippen molar-refractivity contribution in [3.63, 3.8) is 0 Å². The SMILES string of the molecule is O=C1C(Cc2ccc(-c3ccco3)cc2Cl)CCN1C1CCCCC1. The summed E-state index contributed by atoms with van der Waals surface area (Å²) in [6.45, 7) is 0.913.